The molecule has 0 fully saturated rings. The first-order valence-electron chi connectivity index (χ1n) is 5.83. The van der Waals surface area contributed by atoms with E-state index in [1.165, 1.54) is 17.8 Å². The molecule has 1 aromatic carbocycles. The van der Waals surface area contributed by atoms with Crippen LogP contribution in [-0.4, -0.2) is 16.8 Å². The van der Waals surface area contributed by atoms with Crippen LogP contribution >= 0.6 is 11.8 Å². The highest BCUT2D eigenvalue weighted by atomic mass is 32.2. The number of rotatable bonds is 5. The second-order valence-electron chi connectivity index (χ2n) is 4.34. The lowest BCUT2D eigenvalue weighted by Gasteiger charge is -2.12. The van der Waals surface area contributed by atoms with E-state index < -0.39 is 17.7 Å². The topological polar surface area (TPSA) is 37.3 Å². The average Bonchev–Trinajstić information content (AvgIpc) is 2.34. The van der Waals surface area contributed by atoms with Gasteiger partial charge in [0.1, 0.15) is 0 Å². The molecule has 0 bridgehead atoms. The molecule has 2 nitrogen and oxygen atoms in total. The summed E-state index contributed by atoms with van der Waals surface area (Å²) >= 11 is 1.28. The van der Waals surface area contributed by atoms with E-state index in [1.807, 2.05) is 13.8 Å². The van der Waals surface area contributed by atoms with Crippen molar-refractivity contribution in [1.29, 1.82) is 0 Å². The van der Waals surface area contributed by atoms with E-state index in [9.17, 15) is 18.0 Å². The molecule has 0 spiro atoms. The van der Waals surface area contributed by atoms with Crippen molar-refractivity contribution >= 4 is 17.7 Å². The third-order valence-electron chi connectivity index (χ3n) is 2.76. The molecule has 1 rings (SSSR count). The highest BCUT2D eigenvalue weighted by molar-refractivity contribution is 7.99. The zero-order valence-corrected chi connectivity index (χ0v) is 11.4. The molecule has 19 heavy (non-hydrogen) atoms. The van der Waals surface area contributed by atoms with Gasteiger partial charge >= 0.3 is 12.1 Å². The lowest BCUT2D eigenvalue weighted by atomic mass is 10.1. The Morgan fingerprint density at radius 1 is 1.42 bits per heavy atom. The van der Waals surface area contributed by atoms with Crippen LogP contribution in [0.15, 0.2) is 23.1 Å². The molecule has 1 aromatic rings. The number of thioether (sulfide) groups is 1. The van der Waals surface area contributed by atoms with E-state index in [1.54, 1.807) is 0 Å². The maximum atomic E-state index is 12.5. The van der Waals surface area contributed by atoms with Crippen LogP contribution in [0.3, 0.4) is 0 Å². The Balaban J connectivity index is 3.02. The Morgan fingerprint density at radius 3 is 2.53 bits per heavy atom. The average molecular weight is 292 g/mol. The molecule has 0 radical (unpaired) electrons. The van der Waals surface area contributed by atoms with E-state index >= 15 is 0 Å². The highest BCUT2D eigenvalue weighted by Crippen LogP contribution is 2.33. The van der Waals surface area contributed by atoms with Gasteiger partial charge in [0, 0.05) is 10.6 Å². The highest BCUT2D eigenvalue weighted by Gasteiger charge is 2.31. The van der Waals surface area contributed by atoms with Crippen LogP contribution in [0.5, 0.6) is 0 Å². The largest absolute Gasteiger partial charge is 0.478 e. The Labute approximate surface area is 114 Å². The van der Waals surface area contributed by atoms with E-state index in [4.69, 9.17) is 5.11 Å². The molecule has 106 valence electrons. The number of carboxylic acid groups (broad SMARTS) is 1. The Hall–Kier alpha value is -1.17. The predicted octanol–water partition coefficient (Wildman–Crippen LogP) is 4.54. The fraction of sp³-hybridized carbons (Fsp3) is 0.462. The van der Waals surface area contributed by atoms with Crippen molar-refractivity contribution in [3.05, 3.63) is 29.3 Å². The van der Waals surface area contributed by atoms with Crippen molar-refractivity contribution < 1.29 is 23.1 Å². The fourth-order valence-electron chi connectivity index (χ4n) is 1.35. The second kappa shape index (κ2) is 6.32. The summed E-state index contributed by atoms with van der Waals surface area (Å²) in [6, 6.07) is 2.85. The summed E-state index contributed by atoms with van der Waals surface area (Å²) in [6.45, 7) is 4.02. The minimum Gasteiger partial charge on any atom is -0.478 e. The van der Waals surface area contributed by atoms with Crippen LogP contribution in [0, 0.1) is 5.92 Å². The third-order valence-corrected chi connectivity index (χ3v) is 4.16. The number of carboxylic acids is 1. The monoisotopic (exact) mass is 292 g/mol. The van der Waals surface area contributed by atoms with Gasteiger partial charge in [-0.3, -0.25) is 0 Å². The molecular weight excluding hydrogens is 277 g/mol. The molecule has 0 saturated carbocycles. The maximum Gasteiger partial charge on any atom is 0.416 e. The van der Waals surface area contributed by atoms with E-state index in [-0.39, 0.29) is 5.56 Å². The maximum absolute atomic E-state index is 12.5. The molecule has 0 amide bonds. The van der Waals surface area contributed by atoms with E-state index in [0.29, 0.717) is 22.6 Å². The predicted molar refractivity (Wildman–Crippen MR) is 68.6 cm³/mol. The van der Waals surface area contributed by atoms with Crippen LogP contribution in [0.25, 0.3) is 0 Å². The summed E-state index contributed by atoms with van der Waals surface area (Å²) in [4.78, 5) is 11.4. The van der Waals surface area contributed by atoms with Gasteiger partial charge in [0.25, 0.3) is 0 Å². The van der Waals surface area contributed by atoms with Gasteiger partial charge in [0.15, 0.2) is 0 Å². The number of benzene rings is 1. The van der Waals surface area contributed by atoms with Crippen LogP contribution < -0.4 is 0 Å². The van der Waals surface area contributed by atoms with Crippen LogP contribution in [0.1, 0.15) is 36.2 Å². The molecule has 0 aliphatic rings. The number of halogens is 3. The van der Waals surface area contributed by atoms with Gasteiger partial charge in [-0.05, 0) is 24.1 Å². The summed E-state index contributed by atoms with van der Waals surface area (Å²) < 4.78 is 37.6. The van der Waals surface area contributed by atoms with Gasteiger partial charge in [-0.1, -0.05) is 20.3 Å². The summed E-state index contributed by atoms with van der Waals surface area (Å²) in [5.41, 5.74) is -1.22. The molecule has 0 aliphatic heterocycles. The van der Waals surface area contributed by atoms with Gasteiger partial charge in [0.2, 0.25) is 0 Å². The van der Waals surface area contributed by atoms with Crippen molar-refractivity contribution in [3.8, 4) is 0 Å². The quantitative estimate of drug-likeness (QED) is 0.809. The number of carbonyl (C=O) groups is 1. The Bertz CT molecular complexity index is 458. The number of hydrogen-bond acceptors (Lipinski definition) is 2. The number of hydrogen-bond donors (Lipinski definition) is 1. The van der Waals surface area contributed by atoms with E-state index in [2.05, 4.69) is 0 Å². The molecule has 0 heterocycles. The molecule has 1 unspecified atom stereocenters. The first-order valence-corrected chi connectivity index (χ1v) is 6.81. The van der Waals surface area contributed by atoms with Gasteiger partial charge in [-0.15, -0.1) is 11.8 Å². The Morgan fingerprint density at radius 2 is 2.05 bits per heavy atom. The van der Waals surface area contributed by atoms with Crippen molar-refractivity contribution in [1.82, 2.24) is 0 Å². The van der Waals surface area contributed by atoms with Crippen molar-refractivity contribution in [2.24, 2.45) is 5.92 Å². The minimum atomic E-state index is -4.52. The van der Waals surface area contributed by atoms with Crippen molar-refractivity contribution in [2.45, 2.75) is 31.3 Å². The van der Waals surface area contributed by atoms with E-state index in [0.717, 1.165) is 12.5 Å². The van der Waals surface area contributed by atoms with Gasteiger partial charge in [-0.25, -0.2) is 4.79 Å². The minimum absolute atomic E-state index is 0.289. The summed E-state index contributed by atoms with van der Waals surface area (Å²) in [5.74, 6) is -0.269. The molecule has 1 atom stereocenters. The fourth-order valence-corrected chi connectivity index (χ4v) is 2.51. The SMILES string of the molecule is CCC(C)CSc1ccc(C(F)(F)F)cc1C(=O)O. The number of alkyl halides is 3. The second-order valence-corrected chi connectivity index (χ2v) is 5.40. The van der Waals surface area contributed by atoms with Gasteiger partial charge in [-0.2, -0.15) is 13.2 Å². The molecule has 0 aliphatic carbocycles. The normalized spacial score (nSPS) is 13.3. The molecular formula is C13H15F3O2S. The first-order chi connectivity index (χ1) is 8.75. The summed E-state index contributed by atoms with van der Waals surface area (Å²) in [6.07, 6.45) is -3.58. The van der Waals surface area contributed by atoms with Crippen molar-refractivity contribution in [2.75, 3.05) is 5.75 Å². The summed E-state index contributed by atoms with van der Waals surface area (Å²) in [7, 11) is 0. The molecule has 1 N–H and O–H groups in total. The molecule has 0 aromatic heterocycles. The zero-order chi connectivity index (χ0) is 14.6. The number of aromatic carboxylic acids is 1. The lowest BCUT2D eigenvalue weighted by molar-refractivity contribution is -0.137. The first kappa shape index (κ1) is 15.9. The van der Waals surface area contributed by atoms with Crippen LogP contribution in [0.4, 0.5) is 13.2 Å². The van der Waals surface area contributed by atoms with Gasteiger partial charge < -0.3 is 5.11 Å². The zero-order valence-electron chi connectivity index (χ0n) is 10.6. The van der Waals surface area contributed by atoms with Crippen LogP contribution in [-0.2, 0) is 6.18 Å². The lowest BCUT2D eigenvalue weighted by Crippen LogP contribution is -2.08. The van der Waals surface area contributed by atoms with Crippen LogP contribution in [0.2, 0.25) is 0 Å². The standard InChI is InChI=1S/C13H15F3O2S/c1-3-8(2)7-19-11-5-4-9(13(14,15)16)6-10(11)12(17)18/h4-6,8H,3,7H2,1-2H3,(H,17,18). The third kappa shape index (κ3) is 4.45. The smallest absolute Gasteiger partial charge is 0.416 e. The Kier molecular flexibility index (Phi) is 5.29. The molecule has 0 saturated heterocycles. The van der Waals surface area contributed by atoms with Crippen molar-refractivity contribution in [3.63, 3.8) is 0 Å². The molecule has 6 heteroatoms. The summed E-state index contributed by atoms with van der Waals surface area (Å²) in [5, 5.41) is 9.00. The van der Waals surface area contributed by atoms with Gasteiger partial charge in [0.05, 0.1) is 11.1 Å².